The summed E-state index contributed by atoms with van der Waals surface area (Å²) in [5.41, 5.74) is 8.04. The summed E-state index contributed by atoms with van der Waals surface area (Å²) in [6.07, 6.45) is 0. The van der Waals surface area contributed by atoms with Gasteiger partial charge in [0.15, 0.2) is 0 Å². The van der Waals surface area contributed by atoms with Gasteiger partial charge < -0.3 is 11.1 Å². The molecule has 0 fully saturated rings. The minimum Gasteiger partial charge on any atom is -0.365 e. The first-order valence-electron chi connectivity index (χ1n) is 7.64. The molecule has 0 aliphatic carbocycles. The molecule has 2 aromatic rings. The topological polar surface area (TPSA) is 72.2 Å². The van der Waals surface area contributed by atoms with Gasteiger partial charge in [-0.3, -0.25) is 9.59 Å². The Labute approximate surface area is 140 Å². The number of primary amides is 1. The molecule has 3 N–H and O–H groups in total. The van der Waals surface area contributed by atoms with Crippen LogP contribution in [-0.4, -0.2) is 17.9 Å². The molecule has 0 aliphatic rings. The molecule has 4 nitrogen and oxygen atoms in total. The molecule has 0 atom stereocenters. The molecule has 122 valence electrons. The summed E-state index contributed by atoms with van der Waals surface area (Å²) >= 11 is 1.40. The highest BCUT2D eigenvalue weighted by Crippen LogP contribution is 2.35. The lowest BCUT2D eigenvalue weighted by Crippen LogP contribution is -2.29. The molecule has 1 aromatic heterocycles. The van der Waals surface area contributed by atoms with Crippen LogP contribution in [0.25, 0.3) is 10.4 Å². The summed E-state index contributed by atoms with van der Waals surface area (Å²) in [5.74, 6) is -0.241. The highest BCUT2D eigenvalue weighted by atomic mass is 32.1. The Morgan fingerprint density at radius 2 is 1.70 bits per heavy atom. The summed E-state index contributed by atoms with van der Waals surface area (Å²) in [6.45, 7) is 7.93. The number of rotatable bonds is 5. The van der Waals surface area contributed by atoms with Gasteiger partial charge in [0.05, 0.1) is 4.88 Å². The van der Waals surface area contributed by atoms with E-state index in [0.717, 1.165) is 16.0 Å². The molecule has 0 saturated heterocycles. The Kier molecular flexibility index (Phi) is 5.21. The zero-order valence-corrected chi connectivity index (χ0v) is 14.7. The molecule has 0 aliphatic heterocycles. The van der Waals surface area contributed by atoms with E-state index in [-0.39, 0.29) is 17.9 Å². The summed E-state index contributed by atoms with van der Waals surface area (Å²) in [6, 6.07) is 9.51. The number of benzene rings is 1. The zero-order valence-electron chi connectivity index (χ0n) is 13.8. The standard InChI is InChI=1S/C18H22N2O2S/c1-10(2)14-9-15(23-16(14)17(19)21)12-5-7-13(8-6-12)18(22)20-11(3)4/h5-11H,1-4H3,(H2,19,21)(H,20,22). The van der Waals surface area contributed by atoms with Gasteiger partial charge in [-0.2, -0.15) is 0 Å². The van der Waals surface area contributed by atoms with Crippen molar-refractivity contribution in [2.24, 2.45) is 5.73 Å². The lowest BCUT2D eigenvalue weighted by Gasteiger charge is -2.08. The van der Waals surface area contributed by atoms with E-state index in [9.17, 15) is 9.59 Å². The maximum atomic E-state index is 12.0. The minimum absolute atomic E-state index is 0.0848. The lowest BCUT2D eigenvalue weighted by molar-refractivity contribution is 0.0942. The molecule has 0 unspecified atom stereocenters. The van der Waals surface area contributed by atoms with Crippen molar-refractivity contribution in [2.75, 3.05) is 0 Å². The molecule has 23 heavy (non-hydrogen) atoms. The number of hydrogen-bond acceptors (Lipinski definition) is 3. The summed E-state index contributed by atoms with van der Waals surface area (Å²) in [7, 11) is 0. The van der Waals surface area contributed by atoms with Crippen molar-refractivity contribution in [3.05, 3.63) is 46.3 Å². The molecule has 0 saturated carbocycles. The fraction of sp³-hybridized carbons (Fsp3) is 0.333. The van der Waals surface area contributed by atoms with Crippen LogP contribution in [0.4, 0.5) is 0 Å². The SMILES string of the molecule is CC(C)NC(=O)c1ccc(-c2cc(C(C)C)c(C(N)=O)s2)cc1. The summed E-state index contributed by atoms with van der Waals surface area (Å²) in [5, 5.41) is 2.86. The van der Waals surface area contributed by atoms with Crippen molar-refractivity contribution in [1.82, 2.24) is 5.32 Å². The van der Waals surface area contributed by atoms with E-state index < -0.39 is 5.91 Å². The fourth-order valence-electron chi connectivity index (χ4n) is 2.30. The van der Waals surface area contributed by atoms with Crippen LogP contribution in [0.1, 0.15) is 59.2 Å². The maximum Gasteiger partial charge on any atom is 0.259 e. The second-order valence-electron chi connectivity index (χ2n) is 6.12. The van der Waals surface area contributed by atoms with E-state index in [4.69, 9.17) is 5.73 Å². The summed E-state index contributed by atoms with van der Waals surface area (Å²) < 4.78 is 0. The third-order valence-electron chi connectivity index (χ3n) is 3.46. The van der Waals surface area contributed by atoms with Gasteiger partial charge in [-0.15, -0.1) is 11.3 Å². The van der Waals surface area contributed by atoms with Crippen molar-refractivity contribution in [2.45, 2.75) is 39.7 Å². The van der Waals surface area contributed by atoms with Crippen molar-refractivity contribution >= 4 is 23.2 Å². The Hall–Kier alpha value is -2.14. The number of thiophene rings is 1. The molecule has 1 aromatic carbocycles. The van der Waals surface area contributed by atoms with Gasteiger partial charge in [0.2, 0.25) is 0 Å². The van der Waals surface area contributed by atoms with Crippen LogP contribution in [0.15, 0.2) is 30.3 Å². The second-order valence-corrected chi connectivity index (χ2v) is 7.17. The van der Waals surface area contributed by atoms with E-state index >= 15 is 0 Å². The average Bonchev–Trinajstić information content (AvgIpc) is 2.92. The van der Waals surface area contributed by atoms with E-state index in [1.807, 2.05) is 45.9 Å². The second kappa shape index (κ2) is 6.96. The van der Waals surface area contributed by atoms with Crippen LogP contribution in [0.2, 0.25) is 0 Å². The van der Waals surface area contributed by atoms with Crippen LogP contribution in [0.5, 0.6) is 0 Å². The van der Waals surface area contributed by atoms with Crippen LogP contribution in [-0.2, 0) is 0 Å². The first-order chi connectivity index (χ1) is 10.8. The van der Waals surface area contributed by atoms with Crippen LogP contribution >= 0.6 is 11.3 Å². The van der Waals surface area contributed by atoms with Gasteiger partial charge in [-0.25, -0.2) is 0 Å². The van der Waals surface area contributed by atoms with Crippen molar-refractivity contribution in [3.63, 3.8) is 0 Å². The van der Waals surface area contributed by atoms with Gasteiger partial charge in [0.25, 0.3) is 11.8 Å². The van der Waals surface area contributed by atoms with Gasteiger partial charge in [0, 0.05) is 16.5 Å². The molecule has 0 bridgehead atoms. The minimum atomic E-state index is -0.391. The number of nitrogens with one attached hydrogen (secondary N) is 1. The normalized spacial score (nSPS) is 11.0. The predicted molar refractivity (Wildman–Crippen MR) is 95.0 cm³/mol. The van der Waals surface area contributed by atoms with Gasteiger partial charge in [0.1, 0.15) is 0 Å². The molecular formula is C18H22N2O2S. The maximum absolute atomic E-state index is 12.0. The molecular weight excluding hydrogens is 308 g/mol. The van der Waals surface area contributed by atoms with Gasteiger partial charge >= 0.3 is 0 Å². The number of hydrogen-bond donors (Lipinski definition) is 2. The number of carbonyl (C=O) groups is 2. The van der Waals surface area contributed by atoms with Gasteiger partial charge in [-0.05, 0) is 49.1 Å². The van der Waals surface area contributed by atoms with Gasteiger partial charge in [-0.1, -0.05) is 26.0 Å². The third-order valence-corrected chi connectivity index (χ3v) is 4.67. The largest absolute Gasteiger partial charge is 0.365 e. The smallest absolute Gasteiger partial charge is 0.259 e. The van der Waals surface area contributed by atoms with E-state index in [1.54, 1.807) is 12.1 Å². The third kappa shape index (κ3) is 3.99. The van der Waals surface area contributed by atoms with Crippen LogP contribution in [0.3, 0.4) is 0 Å². The molecule has 1 heterocycles. The molecule has 2 rings (SSSR count). The van der Waals surface area contributed by atoms with Crippen LogP contribution < -0.4 is 11.1 Å². The number of carbonyl (C=O) groups excluding carboxylic acids is 2. The Balaban J connectivity index is 2.31. The quantitative estimate of drug-likeness (QED) is 0.876. The van der Waals surface area contributed by atoms with Crippen LogP contribution in [0, 0.1) is 0 Å². The van der Waals surface area contributed by atoms with E-state index in [1.165, 1.54) is 11.3 Å². The Bertz CT molecular complexity index is 715. The Morgan fingerprint density at radius 3 is 2.13 bits per heavy atom. The fourth-order valence-corrected chi connectivity index (χ4v) is 3.47. The zero-order chi connectivity index (χ0) is 17.1. The predicted octanol–water partition coefficient (Wildman–Crippen LogP) is 3.78. The first kappa shape index (κ1) is 17.2. The first-order valence-corrected chi connectivity index (χ1v) is 8.46. The molecule has 5 heteroatoms. The lowest BCUT2D eigenvalue weighted by atomic mass is 10.0. The Morgan fingerprint density at radius 1 is 1.09 bits per heavy atom. The highest BCUT2D eigenvalue weighted by molar-refractivity contribution is 7.17. The van der Waals surface area contributed by atoms with Crippen molar-refractivity contribution in [3.8, 4) is 10.4 Å². The molecule has 0 radical (unpaired) electrons. The van der Waals surface area contributed by atoms with E-state index in [2.05, 4.69) is 5.32 Å². The molecule has 0 spiro atoms. The monoisotopic (exact) mass is 330 g/mol. The van der Waals surface area contributed by atoms with E-state index in [0.29, 0.717) is 10.4 Å². The highest BCUT2D eigenvalue weighted by Gasteiger charge is 2.17. The average molecular weight is 330 g/mol. The number of amides is 2. The molecule has 2 amide bonds. The summed E-state index contributed by atoms with van der Waals surface area (Å²) in [4.78, 5) is 25.2. The van der Waals surface area contributed by atoms with Crippen molar-refractivity contribution < 1.29 is 9.59 Å². The van der Waals surface area contributed by atoms with Crippen molar-refractivity contribution in [1.29, 1.82) is 0 Å². The number of nitrogens with two attached hydrogens (primary N) is 1.